The fourth-order valence-electron chi connectivity index (χ4n) is 1.19. The summed E-state index contributed by atoms with van der Waals surface area (Å²) in [7, 11) is 0. The Morgan fingerprint density at radius 1 is 1.59 bits per heavy atom. The zero-order valence-corrected chi connectivity index (χ0v) is 10.9. The second-order valence-electron chi connectivity index (χ2n) is 3.90. The molecule has 1 aromatic heterocycles. The third kappa shape index (κ3) is 5.65. The molecule has 0 bridgehead atoms. The minimum absolute atomic E-state index is 0.0978. The Labute approximate surface area is 105 Å². The van der Waals surface area contributed by atoms with E-state index in [2.05, 4.69) is 10.3 Å². The molecule has 1 rings (SSSR count). The van der Waals surface area contributed by atoms with E-state index in [0.29, 0.717) is 5.13 Å². The van der Waals surface area contributed by atoms with E-state index >= 15 is 0 Å². The number of carboxylic acids is 1. The molecule has 0 fully saturated rings. The Bertz CT molecular complexity index is 352. The van der Waals surface area contributed by atoms with E-state index in [-0.39, 0.29) is 11.8 Å². The average Bonchev–Trinajstić information content (AvgIpc) is 2.71. The highest BCUT2D eigenvalue weighted by Crippen LogP contribution is 2.15. The van der Waals surface area contributed by atoms with Gasteiger partial charge in [0, 0.05) is 18.5 Å². The summed E-state index contributed by atoms with van der Waals surface area (Å²) in [6, 6.07) is 0. The van der Waals surface area contributed by atoms with Gasteiger partial charge in [0.25, 0.3) is 0 Å². The summed E-state index contributed by atoms with van der Waals surface area (Å²) in [6.45, 7) is 5.58. The van der Waals surface area contributed by atoms with Crippen molar-refractivity contribution in [1.82, 2.24) is 4.98 Å². The van der Waals surface area contributed by atoms with Gasteiger partial charge in [-0.15, -0.1) is 11.3 Å². The number of ether oxygens (including phenoxy) is 1. The van der Waals surface area contributed by atoms with E-state index in [1.165, 1.54) is 16.7 Å². The smallest absolute Gasteiger partial charge is 0.355 e. The van der Waals surface area contributed by atoms with Crippen molar-refractivity contribution < 1.29 is 14.6 Å². The number of unbranched alkanes of at least 4 members (excludes halogenated alkanes) is 1. The summed E-state index contributed by atoms with van der Waals surface area (Å²) in [6.07, 6.45) is 2.25. The Kier molecular flexibility index (Phi) is 5.93. The maximum Gasteiger partial charge on any atom is 0.355 e. The SMILES string of the molecule is CC(C)OCCCCNc1nc(C(=O)O)cs1. The lowest BCUT2D eigenvalue weighted by molar-refractivity contribution is 0.0691. The predicted molar refractivity (Wildman–Crippen MR) is 67.9 cm³/mol. The van der Waals surface area contributed by atoms with Crippen LogP contribution in [0.25, 0.3) is 0 Å². The van der Waals surface area contributed by atoms with Gasteiger partial charge in [0.1, 0.15) is 0 Å². The first-order valence-corrected chi connectivity index (χ1v) is 6.52. The van der Waals surface area contributed by atoms with Crippen LogP contribution in [0.2, 0.25) is 0 Å². The van der Waals surface area contributed by atoms with Crippen LogP contribution in [-0.2, 0) is 4.74 Å². The molecule has 0 spiro atoms. The van der Waals surface area contributed by atoms with Gasteiger partial charge < -0.3 is 15.2 Å². The lowest BCUT2D eigenvalue weighted by atomic mass is 10.3. The van der Waals surface area contributed by atoms with Gasteiger partial charge in [-0.3, -0.25) is 0 Å². The molecule has 96 valence electrons. The van der Waals surface area contributed by atoms with Crippen molar-refractivity contribution in [3.8, 4) is 0 Å². The van der Waals surface area contributed by atoms with Crippen LogP contribution in [0.1, 0.15) is 37.2 Å². The third-order valence-corrected chi connectivity index (χ3v) is 2.82. The standard InChI is InChI=1S/C11H18N2O3S/c1-8(2)16-6-4-3-5-12-11-13-9(7-17-11)10(14)15/h7-8H,3-6H2,1-2H3,(H,12,13)(H,14,15). The maximum atomic E-state index is 10.6. The summed E-state index contributed by atoms with van der Waals surface area (Å²) in [5, 5.41) is 14.0. The minimum atomic E-state index is -0.986. The predicted octanol–water partition coefficient (Wildman–Crippen LogP) is 2.46. The fourth-order valence-corrected chi connectivity index (χ4v) is 1.91. The number of carbonyl (C=O) groups is 1. The number of hydrogen-bond acceptors (Lipinski definition) is 5. The lowest BCUT2D eigenvalue weighted by Gasteiger charge is -2.07. The molecule has 5 nitrogen and oxygen atoms in total. The second kappa shape index (κ2) is 7.24. The molecule has 0 saturated carbocycles. The van der Waals surface area contributed by atoms with Gasteiger partial charge in [-0.1, -0.05) is 0 Å². The minimum Gasteiger partial charge on any atom is -0.476 e. The van der Waals surface area contributed by atoms with Crippen molar-refractivity contribution in [2.45, 2.75) is 32.8 Å². The number of carboxylic acid groups (broad SMARTS) is 1. The highest BCUT2D eigenvalue weighted by molar-refractivity contribution is 7.13. The summed E-state index contributed by atoms with van der Waals surface area (Å²) >= 11 is 1.31. The van der Waals surface area contributed by atoms with Gasteiger partial charge in [0.05, 0.1) is 6.10 Å². The molecule has 1 heterocycles. The molecule has 0 aromatic carbocycles. The van der Waals surface area contributed by atoms with Gasteiger partial charge in [0.2, 0.25) is 0 Å². The van der Waals surface area contributed by atoms with E-state index in [1.807, 2.05) is 13.8 Å². The second-order valence-corrected chi connectivity index (χ2v) is 4.75. The van der Waals surface area contributed by atoms with Crippen molar-refractivity contribution in [3.63, 3.8) is 0 Å². The Morgan fingerprint density at radius 3 is 2.94 bits per heavy atom. The fraction of sp³-hybridized carbons (Fsp3) is 0.636. The Morgan fingerprint density at radius 2 is 2.35 bits per heavy atom. The van der Waals surface area contributed by atoms with Crippen LogP contribution in [0.5, 0.6) is 0 Å². The van der Waals surface area contributed by atoms with E-state index < -0.39 is 5.97 Å². The van der Waals surface area contributed by atoms with Crippen LogP contribution >= 0.6 is 11.3 Å². The number of hydrogen-bond donors (Lipinski definition) is 2. The number of nitrogens with zero attached hydrogens (tertiary/aromatic N) is 1. The zero-order chi connectivity index (χ0) is 12.7. The number of rotatable bonds is 8. The molecule has 0 aliphatic heterocycles. The van der Waals surface area contributed by atoms with Crippen LogP contribution in [0, 0.1) is 0 Å². The molecule has 0 atom stereocenters. The zero-order valence-electron chi connectivity index (χ0n) is 10.1. The molecule has 0 amide bonds. The summed E-state index contributed by atoms with van der Waals surface area (Å²) in [4.78, 5) is 14.5. The monoisotopic (exact) mass is 258 g/mol. The highest BCUT2D eigenvalue weighted by atomic mass is 32.1. The molecule has 0 aliphatic carbocycles. The summed E-state index contributed by atoms with van der Waals surface area (Å²) in [5.41, 5.74) is 0.0978. The van der Waals surface area contributed by atoms with E-state index in [4.69, 9.17) is 9.84 Å². The van der Waals surface area contributed by atoms with Crippen LogP contribution in [0.3, 0.4) is 0 Å². The maximum absolute atomic E-state index is 10.6. The molecule has 0 aliphatic rings. The third-order valence-electron chi connectivity index (χ3n) is 2.02. The molecule has 0 unspecified atom stereocenters. The summed E-state index contributed by atoms with van der Waals surface area (Å²) < 4.78 is 5.41. The van der Waals surface area contributed by atoms with E-state index in [1.54, 1.807) is 0 Å². The van der Waals surface area contributed by atoms with E-state index in [0.717, 1.165) is 26.0 Å². The van der Waals surface area contributed by atoms with Crippen molar-refractivity contribution in [2.75, 3.05) is 18.5 Å². The van der Waals surface area contributed by atoms with Gasteiger partial charge in [-0.25, -0.2) is 9.78 Å². The van der Waals surface area contributed by atoms with Crippen molar-refractivity contribution in [1.29, 1.82) is 0 Å². The van der Waals surface area contributed by atoms with Crippen LogP contribution < -0.4 is 5.32 Å². The largest absolute Gasteiger partial charge is 0.476 e. The molecule has 1 aromatic rings. The highest BCUT2D eigenvalue weighted by Gasteiger charge is 2.07. The number of nitrogens with one attached hydrogen (secondary N) is 1. The van der Waals surface area contributed by atoms with Gasteiger partial charge >= 0.3 is 5.97 Å². The number of aromatic carboxylic acids is 1. The number of thiazole rings is 1. The quantitative estimate of drug-likeness (QED) is 0.701. The van der Waals surface area contributed by atoms with Crippen LogP contribution in [0.4, 0.5) is 5.13 Å². The average molecular weight is 258 g/mol. The van der Waals surface area contributed by atoms with Crippen molar-refractivity contribution in [2.24, 2.45) is 0 Å². The lowest BCUT2D eigenvalue weighted by Crippen LogP contribution is -2.07. The molecular formula is C11H18N2O3S. The molecule has 2 N–H and O–H groups in total. The topological polar surface area (TPSA) is 71.5 Å². The molecule has 6 heteroatoms. The number of aromatic nitrogens is 1. The van der Waals surface area contributed by atoms with Crippen LogP contribution in [-0.4, -0.2) is 35.3 Å². The van der Waals surface area contributed by atoms with Crippen molar-refractivity contribution >= 4 is 22.4 Å². The van der Waals surface area contributed by atoms with E-state index in [9.17, 15) is 4.79 Å². The van der Waals surface area contributed by atoms with Gasteiger partial charge in [-0.2, -0.15) is 0 Å². The first-order valence-electron chi connectivity index (χ1n) is 5.64. The van der Waals surface area contributed by atoms with Gasteiger partial charge in [0.15, 0.2) is 10.8 Å². The first-order chi connectivity index (χ1) is 8.09. The first kappa shape index (κ1) is 13.9. The van der Waals surface area contributed by atoms with Crippen molar-refractivity contribution in [3.05, 3.63) is 11.1 Å². The molecule has 0 saturated heterocycles. The van der Waals surface area contributed by atoms with Gasteiger partial charge in [-0.05, 0) is 26.7 Å². The Hall–Kier alpha value is -1.14. The molecule has 17 heavy (non-hydrogen) atoms. The molecule has 0 radical (unpaired) electrons. The number of anilines is 1. The Balaban J connectivity index is 2.11. The molecular weight excluding hydrogens is 240 g/mol. The van der Waals surface area contributed by atoms with Crippen LogP contribution in [0.15, 0.2) is 5.38 Å². The normalized spacial score (nSPS) is 10.8. The summed E-state index contributed by atoms with van der Waals surface area (Å²) in [5.74, 6) is -0.986.